The van der Waals surface area contributed by atoms with E-state index in [2.05, 4.69) is 42.2 Å². The number of rotatable bonds is 10. The molecule has 35 heavy (non-hydrogen) atoms. The van der Waals surface area contributed by atoms with Crippen LogP contribution in [-0.2, 0) is 11.3 Å². The summed E-state index contributed by atoms with van der Waals surface area (Å²) < 4.78 is 5.84. The van der Waals surface area contributed by atoms with E-state index in [1.807, 2.05) is 45.0 Å². The maximum Gasteiger partial charge on any atom is 0.347 e. The lowest BCUT2D eigenvalue weighted by Crippen LogP contribution is -2.47. The molecule has 3 aromatic rings. The van der Waals surface area contributed by atoms with Gasteiger partial charge in [0.05, 0.1) is 18.9 Å². The predicted molar refractivity (Wildman–Crippen MR) is 138 cm³/mol. The molecule has 3 heterocycles. The van der Waals surface area contributed by atoms with Gasteiger partial charge in [0.2, 0.25) is 0 Å². The van der Waals surface area contributed by atoms with Crippen molar-refractivity contribution in [1.82, 2.24) is 19.9 Å². The molecule has 1 saturated heterocycles. The summed E-state index contributed by atoms with van der Waals surface area (Å²) in [6, 6.07) is 12.1. The van der Waals surface area contributed by atoms with Gasteiger partial charge < -0.3 is 20.1 Å². The van der Waals surface area contributed by atoms with Gasteiger partial charge in [0.1, 0.15) is 22.3 Å². The van der Waals surface area contributed by atoms with Gasteiger partial charge in [0, 0.05) is 38.8 Å². The molecule has 1 aromatic carbocycles. The van der Waals surface area contributed by atoms with Crippen molar-refractivity contribution < 1.29 is 14.6 Å². The zero-order valence-corrected chi connectivity index (χ0v) is 21.2. The number of nitrogens with one attached hydrogen (secondary N) is 1. The monoisotopic (exact) mass is 496 g/mol. The first-order valence-corrected chi connectivity index (χ1v) is 12.7. The topological polar surface area (TPSA) is 104 Å². The van der Waals surface area contributed by atoms with E-state index in [9.17, 15) is 9.90 Å². The van der Waals surface area contributed by atoms with Crippen LogP contribution in [0.4, 0.5) is 16.8 Å². The van der Waals surface area contributed by atoms with Crippen LogP contribution in [0.5, 0.6) is 0 Å². The summed E-state index contributed by atoms with van der Waals surface area (Å²) >= 11 is 1.13. The van der Waals surface area contributed by atoms with Crippen LogP contribution in [-0.4, -0.2) is 70.3 Å². The van der Waals surface area contributed by atoms with Crippen molar-refractivity contribution in [2.45, 2.75) is 33.3 Å². The molecule has 4 rings (SSSR count). The lowest BCUT2D eigenvalue weighted by atomic mass is 10.1. The van der Waals surface area contributed by atoms with Crippen molar-refractivity contribution in [2.24, 2.45) is 0 Å². The predicted octanol–water partition coefficient (Wildman–Crippen LogP) is 4.15. The highest BCUT2D eigenvalue weighted by Gasteiger charge is 2.21. The molecule has 0 amide bonds. The van der Waals surface area contributed by atoms with Crippen molar-refractivity contribution >= 4 is 34.1 Å². The number of carboxylic acids is 1. The van der Waals surface area contributed by atoms with Crippen molar-refractivity contribution in [1.29, 1.82) is 0 Å². The van der Waals surface area contributed by atoms with Crippen molar-refractivity contribution in [3.63, 3.8) is 0 Å². The Hall–Kier alpha value is -3.08. The smallest absolute Gasteiger partial charge is 0.347 e. The molecular formula is C25H32N6O3S. The van der Waals surface area contributed by atoms with Crippen LogP contribution in [0.25, 0.3) is 0 Å². The first kappa shape index (κ1) is 25.0. The average molecular weight is 497 g/mol. The van der Waals surface area contributed by atoms with E-state index in [1.165, 1.54) is 5.56 Å². The van der Waals surface area contributed by atoms with Gasteiger partial charge in [-0.3, -0.25) is 4.90 Å². The highest BCUT2D eigenvalue weighted by molar-refractivity contribution is 7.17. The Labute approximate surface area is 209 Å². The first-order valence-electron chi connectivity index (χ1n) is 11.8. The van der Waals surface area contributed by atoms with E-state index in [1.54, 1.807) is 0 Å². The Balaban J connectivity index is 1.31. The second kappa shape index (κ2) is 11.6. The molecule has 0 saturated carbocycles. The lowest BCUT2D eigenvalue weighted by Gasteiger charge is -2.35. The summed E-state index contributed by atoms with van der Waals surface area (Å²) in [5.41, 5.74) is 1.78. The Bertz CT molecular complexity index is 1130. The molecule has 10 heteroatoms. The molecule has 0 spiro atoms. The number of aromatic nitrogens is 3. The van der Waals surface area contributed by atoms with Gasteiger partial charge in [0.15, 0.2) is 5.13 Å². The Morgan fingerprint density at radius 2 is 1.89 bits per heavy atom. The van der Waals surface area contributed by atoms with E-state index in [0.29, 0.717) is 35.7 Å². The molecule has 0 radical (unpaired) electrons. The van der Waals surface area contributed by atoms with Crippen molar-refractivity contribution in [2.75, 3.05) is 49.5 Å². The second-order valence-corrected chi connectivity index (χ2v) is 9.84. The SMILES string of the molecule is Cc1nc(Nc2nc(C(C)C)c(C(=O)O)s2)cc(N2CCN(CCOCc3ccccc3)CC2)n1. The lowest BCUT2D eigenvalue weighted by molar-refractivity contribution is 0.0700. The van der Waals surface area contributed by atoms with E-state index >= 15 is 0 Å². The third-order valence-corrected chi connectivity index (χ3v) is 6.79. The highest BCUT2D eigenvalue weighted by atomic mass is 32.1. The Morgan fingerprint density at radius 3 is 2.54 bits per heavy atom. The second-order valence-electron chi connectivity index (χ2n) is 8.84. The van der Waals surface area contributed by atoms with Gasteiger partial charge in [-0.2, -0.15) is 0 Å². The number of thiazole rings is 1. The van der Waals surface area contributed by atoms with Crippen LogP contribution in [0.15, 0.2) is 36.4 Å². The number of anilines is 3. The maximum atomic E-state index is 11.6. The minimum absolute atomic E-state index is 0.0237. The number of carbonyl (C=O) groups is 1. The average Bonchev–Trinajstić information content (AvgIpc) is 3.27. The number of aryl methyl sites for hydroxylation is 1. The fourth-order valence-electron chi connectivity index (χ4n) is 3.98. The molecule has 1 fully saturated rings. The standard InChI is InChI=1S/C25H32N6O3S/c1-17(2)22-23(24(32)33)35-25(29-22)28-20-15-21(27-18(3)26-20)31-11-9-30(10-12-31)13-14-34-16-19-7-5-4-6-8-19/h4-8,15,17H,9-14,16H2,1-3H3,(H,32,33)(H,26,27,28,29). The highest BCUT2D eigenvalue weighted by Crippen LogP contribution is 2.30. The van der Waals surface area contributed by atoms with Crippen LogP contribution >= 0.6 is 11.3 Å². The number of piperazine rings is 1. The molecule has 1 aliphatic rings. The van der Waals surface area contributed by atoms with Crippen LogP contribution in [0.1, 0.15) is 46.5 Å². The first-order chi connectivity index (χ1) is 16.9. The largest absolute Gasteiger partial charge is 0.477 e. The summed E-state index contributed by atoms with van der Waals surface area (Å²) in [6.07, 6.45) is 0. The normalized spacial score (nSPS) is 14.5. The van der Waals surface area contributed by atoms with Crippen LogP contribution in [0, 0.1) is 6.92 Å². The van der Waals surface area contributed by atoms with Crippen LogP contribution in [0.2, 0.25) is 0 Å². The molecule has 2 N–H and O–H groups in total. The molecule has 0 aliphatic carbocycles. The third kappa shape index (κ3) is 6.74. The number of ether oxygens (including phenoxy) is 1. The van der Waals surface area contributed by atoms with Crippen molar-refractivity contribution in [3.8, 4) is 0 Å². The van der Waals surface area contributed by atoms with Gasteiger partial charge in [-0.25, -0.2) is 19.7 Å². The minimum atomic E-state index is -0.956. The summed E-state index contributed by atoms with van der Waals surface area (Å²) in [4.78, 5) is 30.1. The Kier molecular flexibility index (Phi) is 8.27. The van der Waals surface area contributed by atoms with Gasteiger partial charge in [-0.05, 0) is 18.4 Å². The molecular weight excluding hydrogens is 464 g/mol. The van der Waals surface area contributed by atoms with E-state index in [4.69, 9.17) is 4.74 Å². The van der Waals surface area contributed by atoms with Gasteiger partial charge in [0.25, 0.3) is 0 Å². The number of hydrogen-bond donors (Lipinski definition) is 2. The molecule has 0 unspecified atom stereocenters. The number of benzene rings is 1. The third-order valence-electron chi connectivity index (χ3n) is 5.81. The van der Waals surface area contributed by atoms with Crippen LogP contribution in [0.3, 0.4) is 0 Å². The Morgan fingerprint density at radius 1 is 1.14 bits per heavy atom. The summed E-state index contributed by atoms with van der Waals surface area (Å²) in [6.45, 7) is 11.6. The van der Waals surface area contributed by atoms with Crippen molar-refractivity contribution in [3.05, 3.63) is 58.4 Å². The molecule has 0 bridgehead atoms. The summed E-state index contributed by atoms with van der Waals surface area (Å²) in [5, 5.41) is 13.2. The molecule has 2 aromatic heterocycles. The number of nitrogens with zero attached hydrogens (tertiary/aromatic N) is 5. The molecule has 0 atom stereocenters. The van der Waals surface area contributed by atoms with Crippen LogP contribution < -0.4 is 10.2 Å². The van der Waals surface area contributed by atoms with E-state index in [0.717, 1.165) is 49.9 Å². The summed E-state index contributed by atoms with van der Waals surface area (Å²) in [7, 11) is 0. The fraction of sp³-hybridized carbons (Fsp3) is 0.440. The van der Waals surface area contributed by atoms with E-state index in [-0.39, 0.29) is 10.8 Å². The molecule has 186 valence electrons. The maximum absolute atomic E-state index is 11.6. The quantitative estimate of drug-likeness (QED) is 0.401. The zero-order valence-electron chi connectivity index (χ0n) is 20.4. The van der Waals surface area contributed by atoms with E-state index < -0.39 is 5.97 Å². The van der Waals surface area contributed by atoms with Gasteiger partial charge in [-0.15, -0.1) is 0 Å². The number of hydrogen-bond acceptors (Lipinski definition) is 9. The zero-order chi connectivity index (χ0) is 24.8. The number of carboxylic acid groups (broad SMARTS) is 1. The molecule has 1 aliphatic heterocycles. The summed E-state index contributed by atoms with van der Waals surface area (Å²) in [5.74, 6) is 1.20. The number of aromatic carboxylic acids is 1. The van der Waals surface area contributed by atoms with Gasteiger partial charge >= 0.3 is 5.97 Å². The molecule has 9 nitrogen and oxygen atoms in total. The van der Waals surface area contributed by atoms with Gasteiger partial charge in [-0.1, -0.05) is 55.5 Å². The fourth-order valence-corrected chi connectivity index (χ4v) is 4.94. The minimum Gasteiger partial charge on any atom is -0.477 e.